The van der Waals surface area contributed by atoms with Gasteiger partial charge in [-0.1, -0.05) is 41.1 Å². The van der Waals surface area contributed by atoms with Crippen LogP contribution in [0.4, 0.5) is 5.13 Å². The van der Waals surface area contributed by atoms with E-state index < -0.39 is 15.8 Å². The standard InChI is InChI=1S/C20H18ClN3O4S2/c1-30(27,28)14-6-7-16-17(9-14)29-20(22-16)23-19(26)13-8-18(25)24(11-13)10-12-4-2-3-5-15(12)21/h2-7,9,13H,8,10-11H2,1H3,(H,22,23,26)/t13-/m0/s1. The zero-order chi connectivity index (χ0) is 21.5. The van der Waals surface area contributed by atoms with Gasteiger partial charge in [0.1, 0.15) is 0 Å². The van der Waals surface area contributed by atoms with Gasteiger partial charge in [-0.2, -0.15) is 0 Å². The molecule has 1 N–H and O–H groups in total. The van der Waals surface area contributed by atoms with E-state index in [-0.39, 0.29) is 23.1 Å². The number of hydrogen-bond acceptors (Lipinski definition) is 6. The SMILES string of the molecule is CS(=O)(=O)c1ccc2nc(NC(=O)[C@H]3CC(=O)N(Cc4ccccc4Cl)C3)sc2c1. The van der Waals surface area contributed by atoms with E-state index in [0.29, 0.717) is 33.5 Å². The minimum atomic E-state index is -3.32. The molecule has 0 bridgehead atoms. The van der Waals surface area contributed by atoms with E-state index >= 15 is 0 Å². The first-order valence-electron chi connectivity index (χ1n) is 9.13. The van der Waals surface area contributed by atoms with Crippen molar-refractivity contribution < 1.29 is 18.0 Å². The number of thiazole rings is 1. The minimum absolute atomic E-state index is 0.0998. The summed E-state index contributed by atoms with van der Waals surface area (Å²) in [6.45, 7) is 0.663. The number of carbonyl (C=O) groups is 2. The number of amides is 2. The summed E-state index contributed by atoms with van der Waals surface area (Å²) in [6, 6.07) is 12.0. The van der Waals surface area contributed by atoms with Crippen molar-refractivity contribution in [1.82, 2.24) is 9.88 Å². The van der Waals surface area contributed by atoms with Gasteiger partial charge in [0.2, 0.25) is 11.8 Å². The second kappa shape index (κ2) is 7.98. The predicted molar refractivity (Wildman–Crippen MR) is 116 cm³/mol. The average molecular weight is 464 g/mol. The van der Waals surface area contributed by atoms with Crippen LogP contribution in [0, 0.1) is 5.92 Å². The number of rotatable bonds is 5. The van der Waals surface area contributed by atoms with E-state index in [2.05, 4.69) is 10.3 Å². The smallest absolute Gasteiger partial charge is 0.231 e. The molecule has 2 amide bonds. The molecule has 1 aliphatic heterocycles. The first-order chi connectivity index (χ1) is 14.2. The van der Waals surface area contributed by atoms with Crippen molar-refractivity contribution in [3.8, 4) is 0 Å². The van der Waals surface area contributed by atoms with E-state index in [4.69, 9.17) is 11.6 Å². The lowest BCUT2D eigenvalue weighted by atomic mass is 10.1. The number of nitrogens with one attached hydrogen (secondary N) is 1. The van der Waals surface area contributed by atoms with Gasteiger partial charge in [0.05, 0.1) is 21.0 Å². The molecule has 3 aromatic rings. The van der Waals surface area contributed by atoms with Gasteiger partial charge < -0.3 is 10.2 Å². The lowest BCUT2D eigenvalue weighted by molar-refractivity contribution is -0.128. The van der Waals surface area contributed by atoms with Crippen molar-refractivity contribution in [1.29, 1.82) is 0 Å². The molecule has 4 rings (SSSR count). The summed E-state index contributed by atoms with van der Waals surface area (Å²) in [5, 5.41) is 3.72. The van der Waals surface area contributed by atoms with Crippen LogP contribution in [-0.2, 0) is 26.0 Å². The van der Waals surface area contributed by atoms with Gasteiger partial charge in [-0.05, 0) is 29.8 Å². The van der Waals surface area contributed by atoms with Crippen molar-refractivity contribution >= 4 is 59.9 Å². The summed E-state index contributed by atoms with van der Waals surface area (Å²) in [4.78, 5) is 31.2. The molecule has 0 radical (unpaired) electrons. The first-order valence-corrected chi connectivity index (χ1v) is 12.2. The van der Waals surface area contributed by atoms with Crippen LogP contribution in [0.15, 0.2) is 47.4 Å². The van der Waals surface area contributed by atoms with E-state index in [0.717, 1.165) is 11.8 Å². The Morgan fingerprint density at radius 3 is 2.80 bits per heavy atom. The molecular formula is C20H18ClN3O4S2. The Morgan fingerprint density at radius 2 is 2.07 bits per heavy atom. The summed E-state index contributed by atoms with van der Waals surface area (Å²) in [5.74, 6) is -0.872. The van der Waals surface area contributed by atoms with Gasteiger partial charge in [-0.15, -0.1) is 0 Å². The summed E-state index contributed by atoms with van der Waals surface area (Å²) in [6.07, 6.45) is 1.27. The average Bonchev–Trinajstić information content (AvgIpc) is 3.25. The molecule has 1 aliphatic rings. The van der Waals surface area contributed by atoms with Gasteiger partial charge in [-0.25, -0.2) is 13.4 Å². The number of hydrogen-bond donors (Lipinski definition) is 1. The maximum Gasteiger partial charge on any atom is 0.231 e. The summed E-state index contributed by atoms with van der Waals surface area (Å²) in [7, 11) is -3.32. The van der Waals surface area contributed by atoms with Crippen LogP contribution in [-0.4, -0.2) is 42.9 Å². The largest absolute Gasteiger partial charge is 0.337 e. The van der Waals surface area contributed by atoms with Crippen molar-refractivity contribution in [2.75, 3.05) is 18.1 Å². The molecule has 1 atom stereocenters. The highest BCUT2D eigenvalue weighted by atomic mass is 35.5. The second-order valence-corrected chi connectivity index (χ2v) is 10.6. The maximum absolute atomic E-state index is 12.7. The number of anilines is 1. The Kier molecular flexibility index (Phi) is 5.52. The second-order valence-electron chi connectivity index (χ2n) is 7.18. The van der Waals surface area contributed by atoms with Crippen LogP contribution in [0.2, 0.25) is 5.02 Å². The third-order valence-corrected chi connectivity index (χ3v) is 7.34. The molecule has 0 spiro atoms. The van der Waals surface area contributed by atoms with Gasteiger partial charge in [0, 0.05) is 30.8 Å². The Morgan fingerprint density at radius 1 is 1.30 bits per heavy atom. The molecule has 7 nitrogen and oxygen atoms in total. The Labute approximate surface area is 182 Å². The molecular weight excluding hydrogens is 446 g/mol. The van der Waals surface area contributed by atoms with Crippen LogP contribution >= 0.6 is 22.9 Å². The molecule has 0 saturated carbocycles. The van der Waals surface area contributed by atoms with Gasteiger partial charge in [0.15, 0.2) is 15.0 Å². The number of fused-ring (bicyclic) bond motifs is 1. The van der Waals surface area contributed by atoms with Gasteiger partial charge in [0.25, 0.3) is 0 Å². The van der Waals surface area contributed by atoms with Crippen LogP contribution in [0.1, 0.15) is 12.0 Å². The number of carbonyl (C=O) groups excluding carboxylic acids is 2. The zero-order valence-electron chi connectivity index (χ0n) is 16.0. The van der Waals surface area contributed by atoms with E-state index in [1.807, 2.05) is 18.2 Å². The van der Waals surface area contributed by atoms with E-state index in [1.165, 1.54) is 17.4 Å². The molecule has 1 aromatic heterocycles. The molecule has 30 heavy (non-hydrogen) atoms. The van der Waals surface area contributed by atoms with Gasteiger partial charge >= 0.3 is 0 Å². The lowest BCUT2D eigenvalue weighted by Crippen LogP contribution is -2.28. The number of sulfone groups is 1. The van der Waals surface area contributed by atoms with Crippen LogP contribution in [0.5, 0.6) is 0 Å². The predicted octanol–water partition coefficient (Wildman–Crippen LogP) is 3.34. The molecule has 0 unspecified atom stereocenters. The summed E-state index contributed by atoms with van der Waals surface area (Å²) >= 11 is 7.37. The molecule has 10 heteroatoms. The van der Waals surface area contributed by atoms with Crippen molar-refractivity contribution in [2.24, 2.45) is 5.92 Å². The first kappa shape index (κ1) is 20.8. The fourth-order valence-electron chi connectivity index (χ4n) is 3.33. The molecule has 0 aliphatic carbocycles. The molecule has 1 saturated heterocycles. The summed E-state index contributed by atoms with van der Waals surface area (Å²) < 4.78 is 24.1. The number of likely N-dealkylation sites (tertiary alicyclic amines) is 1. The Hall–Kier alpha value is -2.49. The van der Waals surface area contributed by atoms with Crippen molar-refractivity contribution in [3.63, 3.8) is 0 Å². The number of nitrogens with zero attached hydrogens (tertiary/aromatic N) is 2. The highest BCUT2D eigenvalue weighted by Crippen LogP contribution is 2.30. The molecule has 2 heterocycles. The fraction of sp³-hybridized carbons (Fsp3) is 0.250. The maximum atomic E-state index is 12.7. The highest BCUT2D eigenvalue weighted by molar-refractivity contribution is 7.90. The lowest BCUT2D eigenvalue weighted by Gasteiger charge is -2.17. The molecule has 2 aromatic carbocycles. The molecule has 156 valence electrons. The quantitative estimate of drug-likeness (QED) is 0.626. The fourth-order valence-corrected chi connectivity index (χ4v) is 5.15. The van der Waals surface area contributed by atoms with Crippen LogP contribution < -0.4 is 5.32 Å². The number of benzene rings is 2. The van der Waals surface area contributed by atoms with E-state index in [1.54, 1.807) is 23.1 Å². The Bertz CT molecular complexity index is 1260. The monoisotopic (exact) mass is 463 g/mol. The zero-order valence-corrected chi connectivity index (χ0v) is 18.4. The number of halogens is 1. The Balaban J connectivity index is 1.45. The number of aromatic nitrogens is 1. The van der Waals surface area contributed by atoms with Crippen LogP contribution in [0.25, 0.3) is 10.2 Å². The third-order valence-electron chi connectivity index (χ3n) is 4.92. The van der Waals surface area contributed by atoms with Gasteiger partial charge in [-0.3, -0.25) is 9.59 Å². The minimum Gasteiger partial charge on any atom is -0.337 e. The van der Waals surface area contributed by atoms with Crippen molar-refractivity contribution in [2.45, 2.75) is 17.9 Å². The third kappa shape index (κ3) is 4.33. The summed E-state index contributed by atoms with van der Waals surface area (Å²) in [5.41, 5.74) is 1.44. The van der Waals surface area contributed by atoms with Crippen molar-refractivity contribution in [3.05, 3.63) is 53.1 Å². The molecule has 1 fully saturated rings. The van der Waals surface area contributed by atoms with E-state index in [9.17, 15) is 18.0 Å². The highest BCUT2D eigenvalue weighted by Gasteiger charge is 2.34. The normalized spacial score (nSPS) is 16.9. The topological polar surface area (TPSA) is 96.4 Å². The van der Waals surface area contributed by atoms with Crippen LogP contribution in [0.3, 0.4) is 0 Å².